The molecule has 0 aliphatic heterocycles. The Morgan fingerprint density at radius 2 is 1.15 bits per heavy atom. The zero-order valence-corrected chi connectivity index (χ0v) is 9.34. The maximum absolute atomic E-state index is 3.80. The summed E-state index contributed by atoms with van der Waals surface area (Å²) in [5, 5.41) is 0. The molecule has 0 bridgehead atoms. The van der Waals surface area contributed by atoms with E-state index in [-0.39, 0.29) is 0 Å². The lowest BCUT2D eigenvalue weighted by molar-refractivity contribution is 1.36. The first-order valence-corrected chi connectivity index (χ1v) is 7.24. The quantitative estimate of drug-likeness (QED) is 0.403. The normalized spacial score (nSPS) is 10.5. The van der Waals surface area contributed by atoms with Gasteiger partial charge in [0.05, 0.1) is 8.07 Å². The topological polar surface area (TPSA) is 0 Å². The van der Waals surface area contributed by atoms with Gasteiger partial charge in [0.1, 0.15) is 0 Å². The van der Waals surface area contributed by atoms with Gasteiger partial charge in [0.2, 0.25) is 0 Å². The van der Waals surface area contributed by atoms with Gasteiger partial charge < -0.3 is 0 Å². The van der Waals surface area contributed by atoms with Gasteiger partial charge in [0, 0.05) is 0 Å². The first-order valence-electron chi connectivity index (χ1n) is 4.54. The molecule has 0 aliphatic rings. The van der Waals surface area contributed by atoms with E-state index < -0.39 is 8.07 Å². The monoisotopic (exact) mass is 191 g/mol. The Bertz CT molecular complexity index is 146. The van der Waals surface area contributed by atoms with Crippen molar-refractivity contribution in [3.63, 3.8) is 0 Å². The second-order valence-electron chi connectivity index (χ2n) is 3.24. The van der Waals surface area contributed by atoms with Crippen molar-refractivity contribution in [2.45, 2.75) is 18.1 Å². The minimum absolute atomic E-state index is 1.08. The van der Waals surface area contributed by atoms with E-state index in [0.29, 0.717) is 0 Å². The van der Waals surface area contributed by atoms with Crippen LogP contribution in [-0.2, 0) is 0 Å². The fraction of sp³-hybridized carbons (Fsp3) is 0.250. The summed E-state index contributed by atoms with van der Waals surface area (Å²) >= 11 is 0. The Morgan fingerprint density at radius 3 is 1.38 bits per heavy atom. The van der Waals surface area contributed by atoms with Crippen LogP contribution in [0.3, 0.4) is 0 Å². The van der Waals surface area contributed by atoms with Crippen molar-refractivity contribution in [1.82, 2.24) is 0 Å². The first-order chi connectivity index (χ1) is 6.24. The Balaban J connectivity index is 4.53. The van der Waals surface area contributed by atoms with Crippen LogP contribution in [0.4, 0.5) is 0 Å². The van der Waals surface area contributed by atoms with Crippen LogP contribution in [0, 0.1) is 6.04 Å². The minimum Gasteiger partial charge on any atom is -0.103 e. The van der Waals surface area contributed by atoms with Gasteiger partial charge in [-0.1, -0.05) is 24.3 Å². The summed E-state index contributed by atoms with van der Waals surface area (Å²) in [7, 11) is -1.39. The molecule has 0 saturated heterocycles. The van der Waals surface area contributed by atoms with Crippen LogP contribution in [-0.4, -0.2) is 8.07 Å². The van der Waals surface area contributed by atoms with Gasteiger partial charge >= 0.3 is 0 Å². The fourth-order valence-corrected chi connectivity index (χ4v) is 4.70. The Kier molecular flexibility index (Phi) is 6.24. The predicted octanol–water partition coefficient (Wildman–Crippen LogP) is 3.92. The molecule has 0 spiro atoms. The van der Waals surface area contributed by atoms with Gasteiger partial charge in [-0.05, 0) is 24.2 Å². The van der Waals surface area contributed by atoms with E-state index in [1.54, 1.807) is 0 Å². The molecular weight excluding hydrogens is 172 g/mol. The van der Waals surface area contributed by atoms with Crippen LogP contribution in [0.5, 0.6) is 0 Å². The highest BCUT2D eigenvalue weighted by atomic mass is 28.3. The van der Waals surface area contributed by atoms with Gasteiger partial charge in [-0.25, -0.2) is 0 Å². The van der Waals surface area contributed by atoms with Crippen molar-refractivity contribution in [1.29, 1.82) is 0 Å². The smallest absolute Gasteiger partial charge is 0.0719 e. The molecule has 0 saturated carbocycles. The number of hydrogen-bond donors (Lipinski definition) is 0. The van der Waals surface area contributed by atoms with Crippen molar-refractivity contribution in [3.05, 3.63) is 56.7 Å². The standard InChI is InChI=1S/C12H19Si/c1-5-9-13(10-6-2,11-7-3)12-8-4/h5-9H,1-4,10-12H2. The summed E-state index contributed by atoms with van der Waals surface area (Å²) in [6, 6.07) is 5.50. The Morgan fingerprint density at radius 1 is 0.769 bits per heavy atom. The first kappa shape index (κ1) is 12.2. The van der Waals surface area contributed by atoms with E-state index >= 15 is 0 Å². The largest absolute Gasteiger partial charge is 0.103 e. The zero-order chi connectivity index (χ0) is 10.2. The highest BCUT2D eigenvalue weighted by molar-refractivity contribution is 6.84. The van der Waals surface area contributed by atoms with Gasteiger partial charge in [-0.15, -0.1) is 26.3 Å². The third-order valence-corrected chi connectivity index (χ3v) is 6.37. The van der Waals surface area contributed by atoms with E-state index in [2.05, 4.69) is 32.4 Å². The maximum atomic E-state index is 3.80. The lowest BCUT2D eigenvalue weighted by atomic mass is 10.7. The van der Waals surface area contributed by atoms with Crippen molar-refractivity contribution >= 4 is 8.07 Å². The zero-order valence-electron chi connectivity index (χ0n) is 8.34. The van der Waals surface area contributed by atoms with Gasteiger partial charge in [-0.3, -0.25) is 0 Å². The molecule has 0 atom stereocenters. The molecule has 1 heteroatoms. The molecule has 0 unspecified atom stereocenters. The SMILES string of the molecule is C=C[CH][Si](CC=C)(CC=C)CC=C. The lowest BCUT2D eigenvalue weighted by Gasteiger charge is -2.26. The Hall–Kier alpha value is -0.823. The second kappa shape index (κ2) is 6.67. The molecule has 0 rings (SSSR count). The summed E-state index contributed by atoms with van der Waals surface area (Å²) in [6.07, 6.45) is 7.90. The lowest BCUT2D eigenvalue weighted by Crippen LogP contribution is -2.32. The summed E-state index contributed by atoms with van der Waals surface area (Å²) in [6.45, 7) is 15.2. The van der Waals surface area contributed by atoms with Gasteiger partial charge in [-0.2, -0.15) is 0 Å². The van der Waals surface area contributed by atoms with E-state index in [1.807, 2.05) is 24.3 Å². The molecule has 0 N–H and O–H groups in total. The molecule has 1 radical (unpaired) electrons. The summed E-state index contributed by atoms with van der Waals surface area (Å²) < 4.78 is 0. The average Bonchev–Trinajstić information content (AvgIpc) is 2.06. The molecule has 0 aliphatic carbocycles. The molecule has 0 aromatic carbocycles. The van der Waals surface area contributed by atoms with E-state index in [9.17, 15) is 0 Å². The summed E-state index contributed by atoms with van der Waals surface area (Å²) in [5.74, 6) is 0. The van der Waals surface area contributed by atoms with Crippen molar-refractivity contribution < 1.29 is 0 Å². The van der Waals surface area contributed by atoms with Gasteiger partial charge in [0.15, 0.2) is 0 Å². The Labute approximate surface area is 83.4 Å². The van der Waals surface area contributed by atoms with Crippen LogP contribution in [0.2, 0.25) is 18.1 Å². The van der Waals surface area contributed by atoms with Crippen LogP contribution in [0.25, 0.3) is 0 Å². The molecule has 0 fully saturated rings. The molecule has 0 aromatic heterocycles. The summed E-state index contributed by atoms with van der Waals surface area (Å²) in [5.41, 5.74) is 0. The molecule has 13 heavy (non-hydrogen) atoms. The van der Waals surface area contributed by atoms with Crippen LogP contribution in [0.1, 0.15) is 0 Å². The van der Waals surface area contributed by atoms with Crippen LogP contribution >= 0.6 is 0 Å². The highest BCUT2D eigenvalue weighted by Gasteiger charge is 2.27. The predicted molar refractivity (Wildman–Crippen MR) is 65.3 cm³/mol. The van der Waals surface area contributed by atoms with E-state index in [4.69, 9.17) is 0 Å². The summed E-state index contributed by atoms with van der Waals surface area (Å²) in [4.78, 5) is 0. The third-order valence-electron chi connectivity index (χ3n) is 2.12. The average molecular weight is 191 g/mol. The fourth-order valence-electron chi connectivity index (χ4n) is 1.57. The molecule has 0 aromatic rings. The van der Waals surface area contributed by atoms with Crippen LogP contribution < -0.4 is 0 Å². The van der Waals surface area contributed by atoms with Crippen LogP contribution in [0.15, 0.2) is 50.6 Å². The molecular formula is C12H19Si. The van der Waals surface area contributed by atoms with E-state index in [1.165, 1.54) is 0 Å². The highest BCUT2D eigenvalue weighted by Crippen LogP contribution is 2.25. The van der Waals surface area contributed by atoms with Crippen molar-refractivity contribution in [2.24, 2.45) is 0 Å². The third kappa shape index (κ3) is 4.09. The van der Waals surface area contributed by atoms with E-state index in [0.717, 1.165) is 18.1 Å². The van der Waals surface area contributed by atoms with Gasteiger partial charge in [0.25, 0.3) is 0 Å². The molecule has 0 heterocycles. The number of hydrogen-bond acceptors (Lipinski definition) is 0. The number of rotatable bonds is 8. The molecule has 0 nitrogen and oxygen atoms in total. The van der Waals surface area contributed by atoms with Crippen molar-refractivity contribution in [2.75, 3.05) is 0 Å². The molecule has 0 amide bonds. The van der Waals surface area contributed by atoms with Crippen molar-refractivity contribution in [3.8, 4) is 0 Å². The maximum Gasteiger partial charge on any atom is 0.0719 e. The second-order valence-corrected chi connectivity index (χ2v) is 7.53. The number of allylic oxidation sites excluding steroid dienone is 4. The molecule has 71 valence electrons. The minimum atomic E-state index is -1.39.